The summed E-state index contributed by atoms with van der Waals surface area (Å²) in [7, 11) is 0. The third kappa shape index (κ3) is 6.61. The average molecular weight is 373 g/mol. The van der Waals surface area contributed by atoms with Crippen molar-refractivity contribution in [1.82, 2.24) is 15.1 Å². The highest BCUT2D eigenvalue weighted by molar-refractivity contribution is 5.85. The first-order valence-electron chi connectivity index (χ1n) is 7.71. The van der Waals surface area contributed by atoms with Gasteiger partial charge in [-0.2, -0.15) is 5.10 Å². The molecule has 2 heterocycles. The van der Waals surface area contributed by atoms with E-state index in [4.69, 9.17) is 0 Å². The Morgan fingerprint density at radius 2 is 1.58 bits per heavy atom. The van der Waals surface area contributed by atoms with Gasteiger partial charge >= 0.3 is 0 Å². The molecule has 5 nitrogen and oxygen atoms in total. The standard InChI is InChI=1S/C17H22N4.2ClH.H2O/c1-2-6-16(7-3-1)8-5-11-20-12-14-21(15-13-20)17-9-4-10-18-19-17;;;/h1-4,6-7,9-10H,5,8,11-15H2;2*1H;1H2. The third-order valence-electron chi connectivity index (χ3n) is 4.04. The van der Waals surface area contributed by atoms with Crippen LogP contribution < -0.4 is 4.90 Å². The SMILES string of the molecule is Cl.Cl.O.c1ccc(CCCN2CCN(c3cccnn3)CC2)cc1. The van der Waals surface area contributed by atoms with Gasteiger partial charge in [-0.3, -0.25) is 4.90 Å². The molecule has 0 unspecified atom stereocenters. The molecule has 0 amide bonds. The molecule has 1 saturated heterocycles. The van der Waals surface area contributed by atoms with Crippen molar-refractivity contribution in [3.63, 3.8) is 0 Å². The topological polar surface area (TPSA) is 63.8 Å². The fourth-order valence-electron chi connectivity index (χ4n) is 2.81. The Hall–Kier alpha value is -1.40. The predicted octanol–water partition coefficient (Wildman–Crippen LogP) is 2.25. The van der Waals surface area contributed by atoms with Crippen molar-refractivity contribution in [3.05, 3.63) is 54.2 Å². The molecular weight excluding hydrogens is 347 g/mol. The molecule has 1 aromatic carbocycles. The number of nitrogens with zero attached hydrogens (tertiary/aromatic N) is 4. The zero-order chi connectivity index (χ0) is 14.3. The van der Waals surface area contributed by atoms with Gasteiger partial charge < -0.3 is 10.4 Å². The number of anilines is 1. The van der Waals surface area contributed by atoms with Gasteiger partial charge in [-0.1, -0.05) is 30.3 Å². The second-order valence-corrected chi connectivity index (χ2v) is 5.50. The molecule has 1 aliphatic heterocycles. The summed E-state index contributed by atoms with van der Waals surface area (Å²) in [6, 6.07) is 14.7. The number of hydrogen-bond acceptors (Lipinski definition) is 4. The van der Waals surface area contributed by atoms with Crippen LogP contribution in [-0.4, -0.2) is 53.3 Å². The molecule has 1 aliphatic rings. The molecule has 3 rings (SSSR count). The number of halogens is 2. The van der Waals surface area contributed by atoms with E-state index in [2.05, 4.69) is 50.3 Å². The van der Waals surface area contributed by atoms with Gasteiger partial charge in [0.15, 0.2) is 5.82 Å². The lowest BCUT2D eigenvalue weighted by Gasteiger charge is -2.35. The van der Waals surface area contributed by atoms with Crippen molar-refractivity contribution in [3.8, 4) is 0 Å². The van der Waals surface area contributed by atoms with Crippen LogP contribution in [0.5, 0.6) is 0 Å². The van der Waals surface area contributed by atoms with Gasteiger partial charge in [0.25, 0.3) is 0 Å². The number of rotatable bonds is 5. The van der Waals surface area contributed by atoms with Crippen LogP contribution in [0.1, 0.15) is 12.0 Å². The zero-order valence-electron chi connectivity index (χ0n) is 13.7. The van der Waals surface area contributed by atoms with E-state index in [1.54, 1.807) is 6.20 Å². The molecule has 0 bridgehead atoms. The minimum Gasteiger partial charge on any atom is -0.412 e. The summed E-state index contributed by atoms with van der Waals surface area (Å²) < 4.78 is 0. The van der Waals surface area contributed by atoms with Gasteiger partial charge in [0, 0.05) is 32.4 Å². The van der Waals surface area contributed by atoms with Crippen molar-refractivity contribution < 1.29 is 5.48 Å². The van der Waals surface area contributed by atoms with E-state index < -0.39 is 0 Å². The Morgan fingerprint density at radius 3 is 2.21 bits per heavy atom. The molecule has 0 saturated carbocycles. The van der Waals surface area contributed by atoms with Gasteiger partial charge in [0.2, 0.25) is 0 Å². The van der Waals surface area contributed by atoms with E-state index in [0.29, 0.717) is 0 Å². The lowest BCUT2D eigenvalue weighted by molar-refractivity contribution is 0.254. The van der Waals surface area contributed by atoms with E-state index in [1.165, 1.54) is 24.9 Å². The molecular formula is C17H26Cl2N4O. The van der Waals surface area contributed by atoms with Crippen molar-refractivity contribution in [1.29, 1.82) is 0 Å². The van der Waals surface area contributed by atoms with E-state index in [-0.39, 0.29) is 30.3 Å². The Bertz CT molecular complexity index is 534. The fourth-order valence-corrected chi connectivity index (χ4v) is 2.81. The van der Waals surface area contributed by atoms with Crippen LogP contribution in [0, 0.1) is 0 Å². The number of aryl methyl sites for hydroxylation is 1. The average Bonchev–Trinajstić information content (AvgIpc) is 2.57. The third-order valence-corrected chi connectivity index (χ3v) is 4.04. The molecule has 134 valence electrons. The Kier molecular flexibility index (Phi) is 11.3. The first-order chi connectivity index (χ1) is 10.4. The first-order valence-corrected chi connectivity index (χ1v) is 7.71. The Labute approximate surface area is 156 Å². The number of hydrogen-bond donors (Lipinski definition) is 0. The van der Waals surface area contributed by atoms with Crippen LogP contribution >= 0.6 is 24.8 Å². The molecule has 0 spiro atoms. The predicted molar refractivity (Wildman–Crippen MR) is 104 cm³/mol. The van der Waals surface area contributed by atoms with Gasteiger partial charge in [-0.15, -0.1) is 29.9 Å². The summed E-state index contributed by atoms with van der Waals surface area (Å²) in [5.74, 6) is 1.00. The van der Waals surface area contributed by atoms with Crippen LogP contribution in [0.15, 0.2) is 48.7 Å². The first kappa shape index (κ1) is 22.6. The molecule has 7 heteroatoms. The maximum Gasteiger partial charge on any atom is 0.151 e. The smallest absolute Gasteiger partial charge is 0.151 e. The molecule has 0 atom stereocenters. The lowest BCUT2D eigenvalue weighted by atomic mass is 10.1. The fraction of sp³-hybridized carbons (Fsp3) is 0.412. The Balaban J connectivity index is 0.00000176. The van der Waals surface area contributed by atoms with Gasteiger partial charge in [-0.25, -0.2) is 0 Å². The number of aromatic nitrogens is 2. The van der Waals surface area contributed by atoms with E-state index >= 15 is 0 Å². The maximum atomic E-state index is 4.19. The number of piperazine rings is 1. The van der Waals surface area contributed by atoms with Gasteiger partial charge in [-0.05, 0) is 37.1 Å². The van der Waals surface area contributed by atoms with E-state index in [9.17, 15) is 0 Å². The quantitative estimate of drug-likeness (QED) is 0.807. The summed E-state index contributed by atoms with van der Waals surface area (Å²) in [4.78, 5) is 4.87. The highest BCUT2D eigenvalue weighted by Crippen LogP contribution is 2.12. The van der Waals surface area contributed by atoms with Crippen LogP contribution in [0.2, 0.25) is 0 Å². The summed E-state index contributed by atoms with van der Waals surface area (Å²) in [6.45, 7) is 5.51. The summed E-state index contributed by atoms with van der Waals surface area (Å²) in [6.07, 6.45) is 4.13. The molecule has 24 heavy (non-hydrogen) atoms. The molecule has 1 aromatic heterocycles. The van der Waals surface area contributed by atoms with Crippen LogP contribution in [0.3, 0.4) is 0 Å². The van der Waals surface area contributed by atoms with Gasteiger partial charge in [0.05, 0.1) is 0 Å². The van der Waals surface area contributed by atoms with E-state index in [1.807, 2.05) is 12.1 Å². The highest BCUT2D eigenvalue weighted by Gasteiger charge is 2.17. The summed E-state index contributed by atoms with van der Waals surface area (Å²) >= 11 is 0. The zero-order valence-corrected chi connectivity index (χ0v) is 15.3. The monoisotopic (exact) mass is 372 g/mol. The molecule has 1 fully saturated rings. The second-order valence-electron chi connectivity index (χ2n) is 5.50. The van der Waals surface area contributed by atoms with Gasteiger partial charge in [0.1, 0.15) is 0 Å². The second kappa shape index (κ2) is 12.0. The van der Waals surface area contributed by atoms with Crippen molar-refractivity contribution in [2.45, 2.75) is 12.8 Å². The van der Waals surface area contributed by atoms with Crippen LogP contribution in [-0.2, 0) is 6.42 Å². The molecule has 0 aliphatic carbocycles. The largest absolute Gasteiger partial charge is 0.412 e. The van der Waals surface area contributed by atoms with Crippen LogP contribution in [0.25, 0.3) is 0 Å². The van der Waals surface area contributed by atoms with Crippen molar-refractivity contribution >= 4 is 30.6 Å². The molecule has 0 radical (unpaired) electrons. The number of benzene rings is 1. The normalized spacial score (nSPS) is 14.1. The minimum atomic E-state index is 0. The Morgan fingerprint density at radius 1 is 0.875 bits per heavy atom. The molecule has 2 N–H and O–H groups in total. The summed E-state index contributed by atoms with van der Waals surface area (Å²) in [5, 5.41) is 8.14. The van der Waals surface area contributed by atoms with Crippen molar-refractivity contribution in [2.24, 2.45) is 0 Å². The minimum absolute atomic E-state index is 0. The van der Waals surface area contributed by atoms with Crippen molar-refractivity contribution in [2.75, 3.05) is 37.6 Å². The molecule has 2 aromatic rings. The van der Waals surface area contributed by atoms with Crippen LogP contribution in [0.4, 0.5) is 5.82 Å². The summed E-state index contributed by atoms with van der Waals surface area (Å²) in [5.41, 5.74) is 1.44. The highest BCUT2D eigenvalue weighted by atomic mass is 35.5. The van der Waals surface area contributed by atoms with E-state index in [0.717, 1.165) is 32.0 Å². The lowest BCUT2D eigenvalue weighted by Crippen LogP contribution is -2.47. The maximum absolute atomic E-state index is 4.19.